The zero-order valence-electron chi connectivity index (χ0n) is 10.4. The van der Waals surface area contributed by atoms with E-state index in [1.54, 1.807) is 36.4 Å². The van der Waals surface area contributed by atoms with Crippen LogP contribution in [0.2, 0.25) is 0 Å². The fourth-order valence-corrected chi connectivity index (χ4v) is 1.91. The first kappa shape index (κ1) is 12.1. The van der Waals surface area contributed by atoms with E-state index in [-0.39, 0.29) is 11.7 Å². The van der Waals surface area contributed by atoms with Gasteiger partial charge in [-0.2, -0.15) is 0 Å². The fraction of sp³-hybridized carbons (Fsp3) is 0. The Morgan fingerprint density at radius 3 is 2.75 bits per heavy atom. The molecule has 1 aromatic carbocycles. The molecule has 0 bridgehead atoms. The molecule has 5 heteroatoms. The third kappa shape index (κ3) is 2.16. The summed E-state index contributed by atoms with van der Waals surface area (Å²) in [6, 6.07) is 12.0. The van der Waals surface area contributed by atoms with Crippen LogP contribution in [-0.2, 0) is 0 Å². The van der Waals surface area contributed by atoms with Crippen molar-refractivity contribution >= 4 is 29.0 Å². The van der Waals surface area contributed by atoms with Gasteiger partial charge < -0.3 is 9.73 Å². The molecule has 1 N–H and O–H groups in total. The number of anilines is 1. The monoisotopic (exact) mass is 266 g/mol. The van der Waals surface area contributed by atoms with E-state index in [4.69, 9.17) is 4.42 Å². The van der Waals surface area contributed by atoms with Gasteiger partial charge in [0.05, 0.1) is 5.39 Å². The number of amides is 1. The van der Waals surface area contributed by atoms with Crippen LogP contribution in [0.25, 0.3) is 11.0 Å². The van der Waals surface area contributed by atoms with E-state index in [2.05, 4.69) is 10.3 Å². The van der Waals surface area contributed by atoms with E-state index in [0.717, 1.165) is 0 Å². The van der Waals surface area contributed by atoms with Crippen molar-refractivity contribution in [1.82, 2.24) is 4.98 Å². The Bertz CT molecular complexity index is 778. The summed E-state index contributed by atoms with van der Waals surface area (Å²) in [5, 5.41) is 3.31. The van der Waals surface area contributed by atoms with Gasteiger partial charge in [-0.25, -0.2) is 4.98 Å². The second-order valence-electron chi connectivity index (χ2n) is 4.16. The smallest absolute Gasteiger partial charge is 0.256 e. The maximum absolute atomic E-state index is 12.1. The predicted molar refractivity (Wildman–Crippen MR) is 73.8 cm³/mol. The number of fused-ring (bicyclic) bond motifs is 1. The lowest BCUT2D eigenvalue weighted by atomic mass is 10.2. The third-order valence-electron chi connectivity index (χ3n) is 2.85. The number of carbonyl (C=O) groups is 2. The molecule has 0 spiro atoms. The summed E-state index contributed by atoms with van der Waals surface area (Å²) in [4.78, 5) is 26.9. The molecule has 3 rings (SSSR count). The molecule has 0 fully saturated rings. The Morgan fingerprint density at radius 1 is 1.20 bits per heavy atom. The van der Waals surface area contributed by atoms with Crippen molar-refractivity contribution in [3.05, 3.63) is 60.0 Å². The van der Waals surface area contributed by atoms with Crippen molar-refractivity contribution < 1.29 is 14.0 Å². The molecule has 0 saturated heterocycles. The lowest BCUT2D eigenvalue weighted by molar-refractivity contribution is 0.102. The SMILES string of the molecule is O=Cc1cc2c(NC(=O)c3ccccc3)nccc2o1. The molecule has 0 saturated carbocycles. The van der Waals surface area contributed by atoms with Crippen LogP contribution in [0.1, 0.15) is 20.9 Å². The molecular weight excluding hydrogens is 256 g/mol. The van der Waals surface area contributed by atoms with Gasteiger partial charge >= 0.3 is 0 Å². The molecule has 0 unspecified atom stereocenters. The van der Waals surface area contributed by atoms with Crippen LogP contribution in [0.5, 0.6) is 0 Å². The Hall–Kier alpha value is -2.95. The Morgan fingerprint density at radius 2 is 2.00 bits per heavy atom. The molecule has 0 aliphatic heterocycles. The number of aromatic nitrogens is 1. The highest BCUT2D eigenvalue weighted by atomic mass is 16.3. The van der Waals surface area contributed by atoms with Gasteiger partial charge in [0.2, 0.25) is 0 Å². The number of carbonyl (C=O) groups excluding carboxylic acids is 2. The number of hydrogen-bond acceptors (Lipinski definition) is 4. The Labute approximate surface area is 114 Å². The number of nitrogens with zero attached hydrogens (tertiary/aromatic N) is 1. The minimum absolute atomic E-state index is 0.197. The average Bonchev–Trinajstić information content (AvgIpc) is 2.92. The minimum Gasteiger partial charge on any atom is -0.453 e. The largest absolute Gasteiger partial charge is 0.453 e. The van der Waals surface area contributed by atoms with Gasteiger partial charge in [0.1, 0.15) is 11.4 Å². The quantitative estimate of drug-likeness (QED) is 0.740. The summed E-state index contributed by atoms with van der Waals surface area (Å²) in [6.45, 7) is 0. The molecule has 0 aliphatic rings. The van der Waals surface area contributed by atoms with Crippen LogP contribution >= 0.6 is 0 Å². The average molecular weight is 266 g/mol. The van der Waals surface area contributed by atoms with E-state index in [0.29, 0.717) is 28.6 Å². The lowest BCUT2D eigenvalue weighted by Gasteiger charge is -2.04. The fourth-order valence-electron chi connectivity index (χ4n) is 1.91. The molecule has 5 nitrogen and oxygen atoms in total. The van der Waals surface area contributed by atoms with E-state index in [9.17, 15) is 9.59 Å². The van der Waals surface area contributed by atoms with Crippen LogP contribution in [0.15, 0.2) is 53.1 Å². The summed E-state index contributed by atoms with van der Waals surface area (Å²) >= 11 is 0. The zero-order valence-corrected chi connectivity index (χ0v) is 10.4. The van der Waals surface area contributed by atoms with E-state index < -0.39 is 0 Å². The van der Waals surface area contributed by atoms with Crippen LogP contribution in [0, 0.1) is 0 Å². The van der Waals surface area contributed by atoms with Crippen molar-refractivity contribution in [2.24, 2.45) is 0 Å². The van der Waals surface area contributed by atoms with Crippen LogP contribution in [0.4, 0.5) is 5.82 Å². The molecular formula is C15H10N2O3. The highest BCUT2D eigenvalue weighted by molar-refractivity contribution is 6.07. The van der Waals surface area contributed by atoms with Crippen LogP contribution in [0.3, 0.4) is 0 Å². The number of benzene rings is 1. The van der Waals surface area contributed by atoms with E-state index >= 15 is 0 Å². The maximum atomic E-state index is 12.1. The molecule has 3 aromatic rings. The second-order valence-corrected chi connectivity index (χ2v) is 4.16. The summed E-state index contributed by atoms with van der Waals surface area (Å²) in [7, 11) is 0. The lowest BCUT2D eigenvalue weighted by Crippen LogP contribution is -2.12. The third-order valence-corrected chi connectivity index (χ3v) is 2.85. The minimum atomic E-state index is -0.264. The summed E-state index contributed by atoms with van der Waals surface area (Å²) < 4.78 is 5.29. The van der Waals surface area contributed by atoms with Crippen molar-refractivity contribution in [3.63, 3.8) is 0 Å². The summed E-state index contributed by atoms with van der Waals surface area (Å²) in [6.07, 6.45) is 2.13. The molecule has 0 atom stereocenters. The Balaban J connectivity index is 1.96. The van der Waals surface area contributed by atoms with Gasteiger partial charge in [-0.1, -0.05) is 18.2 Å². The van der Waals surface area contributed by atoms with Gasteiger partial charge in [-0.3, -0.25) is 9.59 Å². The van der Waals surface area contributed by atoms with Crippen molar-refractivity contribution in [1.29, 1.82) is 0 Å². The number of hydrogen-bond donors (Lipinski definition) is 1. The number of furan rings is 1. The summed E-state index contributed by atoms with van der Waals surface area (Å²) in [5.41, 5.74) is 1.04. The van der Waals surface area contributed by atoms with Gasteiger partial charge in [-0.05, 0) is 24.3 Å². The van der Waals surface area contributed by atoms with Crippen molar-refractivity contribution in [3.8, 4) is 0 Å². The first-order chi connectivity index (χ1) is 9.78. The van der Waals surface area contributed by atoms with Crippen LogP contribution < -0.4 is 5.32 Å². The van der Waals surface area contributed by atoms with Crippen LogP contribution in [-0.4, -0.2) is 17.2 Å². The molecule has 1 amide bonds. The number of aldehydes is 1. The van der Waals surface area contributed by atoms with E-state index in [1.165, 1.54) is 6.20 Å². The second kappa shape index (κ2) is 4.97. The molecule has 2 aromatic heterocycles. The predicted octanol–water partition coefficient (Wildman–Crippen LogP) is 2.89. The first-order valence-electron chi connectivity index (χ1n) is 5.98. The van der Waals surface area contributed by atoms with Crippen molar-refractivity contribution in [2.75, 3.05) is 5.32 Å². The van der Waals surface area contributed by atoms with Gasteiger partial charge in [0.15, 0.2) is 12.0 Å². The van der Waals surface area contributed by atoms with Gasteiger partial charge in [-0.15, -0.1) is 0 Å². The Kier molecular flexibility index (Phi) is 3.01. The number of pyridine rings is 1. The van der Waals surface area contributed by atoms with Gasteiger partial charge in [0, 0.05) is 11.8 Å². The molecule has 0 radical (unpaired) electrons. The number of rotatable bonds is 3. The molecule has 20 heavy (non-hydrogen) atoms. The highest BCUT2D eigenvalue weighted by Gasteiger charge is 2.12. The molecule has 0 aliphatic carbocycles. The highest BCUT2D eigenvalue weighted by Crippen LogP contribution is 2.24. The topological polar surface area (TPSA) is 72.2 Å². The van der Waals surface area contributed by atoms with Gasteiger partial charge in [0.25, 0.3) is 5.91 Å². The van der Waals surface area contributed by atoms with Crippen molar-refractivity contribution in [2.45, 2.75) is 0 Å². The molecule has 2 heterocycles. The number of nitrogens with one attached hydrogen (secondary N) is 1. The summed E-state index contributed by atoms with van der Waals surface area (Å²) in [5.74, 6) is 0.302. The van der Waals surface area contributed by atoms with E-state index in [1.807, 2.05) is 6.07 Å². The normalized spacial score (nSPS) is 10.4. The maximum Gasteiger partial charge on any atom is 0.256 e. The first-order valence-corrected chi connectivity index (χ1v) is 5.98. The standard InChI is InChI=1S/C15H10N2O3/c18-9-11-8-12-13(20-11)6-7-16-14(12)17-15(19)10-4-2-1-3-5-10/h1-9H,(H,16,17,19). The molecule has 98 valence electrons. The zero-order chi connectivity index (χ0) is 13.9.